The van der Waals surface area contributed by atoms with E-state index in [0.717, 1.165) is 24.9 Å². The predicted molar refractivity (Wildman–Crippen MR) is 74.9 cm³/mol. The molecule has 0 unspecified atom stereocenters. The maximum atomic E-state index is 11.0. The maximum Gasteiger partial charge on any atom is 0.335 e. The third-order valence-electron chi connectivity index (χ3n) is 3.72. The zero-order valence-electron chi connectivity index (χ0n) is 11.9. The van der Waals surface area contributed by atoms with Crippen molar-refractivity contribution < 1.29 is 14.4 Å². The zero-order valence-corrected chi connectivity index (χ0v) is 11.9. The number of hydrogen-bond donors (Lipinski definition) is 1. The molecule has 6 heteroatoms. The van der Waals surface area contributed by atoms with Crippen LogP contribution in [0.25, 0.3) is 0 Å². The SMILES string of the molecule is CCc1nc(CN2CCc3ccc(C(=O)O)cc3C2)no1. The van der Waals surface area contributed by atoms with Crippen LogP contribution in [-0.4, -0.2) is 32.7 Å². The molecule has 0 atom stereocenters. The fourth-order valence-corrected chi connectivity index (χ4v) is 2.58. The number of aromatic carboxylic acids is 1. The summed E-state index contributed by atoms with van der Waals surface area (Å²) in [7, 11) is 0. The lowest BCUT2D eigenvalue weighted by Gasteiger charge is -2.27. The third-order valence-corrected chi connectivity index (χ3v) is 3.72. The number of nitrogens with zero attached hydrogens (tertiary/aromatic N) is 3. The Morgan fingerprint density at radius 3 is 3.00 bits per heavy atom. The Morgan fingerprint density at radius 1 is 1.43 bits per heavy atom. The Balaban J connectivity index is 1.73. The molecule has 0 aliphatic carbocycles. The van der Waals surface area contributed by atoms with Crippen LogP contribution in [0.3, 0.4) is 0 Å². The topological polar surface area (TPSA) is 79.5 Å². The second-order valence-corrected chi connectivity index (χ2v) is 5.21. The molecule has 6 nitrogen and oxygen atoms in total. The molecule has 0 fully saturated rings. The van der Waals surface area contributed by atoms with E-state index in [9.17, 15) is 4.79 Å². The second-order valence-electron chi connectivity index (χ2n) is 5.21. The fourth-order valence-electron chi connectivity index (χ4n) is 2.58. The summed E-state index contributed by atoms with van der Waals surface area (Å²) < 4.78 is 5.11. The summed E-state index contributed by atoms with van der Waals surface area (Å²) in [6.07, 6.45) is 1.64. The van der Waals surface area contributed by atoms with Gasteiger partial charge in [0, 0.05) is 19.5 Å². The van der Waals surface area contributed by atoms with E-state index in [0.29, 0.717) is 30.4 Å². The lowest BCUT2D eigenvalue weighted by Crippen LogP contribution is -2.30. The highest BCUT2D eigenvalue weighted by molar-refractivity contribution is 5.87. The molecule has 0 saturated heterocycles. The highest BCUT2D eigenvalue weighted by Crippen LogP contribution is 2.21. The average molecular weight is 287 g/mol. The van der Waals surface area contributed by atoms with E-state index < -0.39 is 5.97 Å². The van der Waals surface area contributed by atoms with Crippen LogP contribution in [0.4, 0.5) is 0 Å². The standard InChI is InChI=1S/C15H17N3O3/c1-2-14-16-13(17-21-14)9-18-6-5-10-3-4-11(15(19)20)7-12(10)8-18/h3-4,7H,2,5-6,8-9H2,1H3,(H,19,20). The number of carbonyl (C=O) groups is 1. The van der Waals surface area contributed by atoms with Gasteiger partial charge < -0.3 is 9.63 Å². The van der Waals surface area contributed by atoms with Gasteiger partial charge in [0.05, 0.1) is 12.1 Å². The zero-order chi connectivity index (χ0) is 14.8. The molecule has 1 aromatic heterocycles. The molecule has 3 rings (SSSR count). The monoisotopic (exact) mass is 287 g/mol. The van der Waals surface area contributed by atoms with Crippen molar-refractivity contribution in [3.63, 3.8) is 0 Å². The summed E-state index contributed by atoms with van der Waals surface area (Å²) in [6, 6.07) is 5.35. The molecule has 2 heterocycles. The van der Waals surface area contributed by atoms with E-state index in [4.69, 9.17) is 9.63 Å². The summed E-state index contributed by atoms with van der Waals surface area (Å²) >= 11 is 0. The third kappa shape index (κ3) is 2.95. The van der Waals surface area contributed by atoms with Crippen LogP contribution in [0.15, 0.2) is 22.7 Å². The van der Waals surface area contributed by atoms with Crippen LogP contribution in [0, 0.1) is 0 Å². The molecule has 0 radical (unpaired) electrons. The first-order valence-electron chi connectivity index (χ1n) is 7.04. The van der Waals surface area contributed by atoms with Crippen molar-refractivity contribution in [1.82, 2.24) is 15.0 Å². The Bertz CT molecular complexity index is 666. The van der Waals surface area contributed by atoms with Gasteiger partial charge in [-0.3, -0.25) is 4.90 Å². The molecule has 1 aromatic carbocycles. The minimum absolute atomic E-state index is 0.337. The van der Waals surface area contributed by atoms with Crippen LogP contribution >= 0.6 is 0 Å². The highest BCUT2D eigenvalue weighted by atomic mass is 16.5. The molecule has 0 spiro atoms. The molecule has 0 bridgehead atoms. The smallest absolute Gasteiger partial charge is 0.335 e. The molecule has 21 heavy (non-hydrogen) atoms. The fraction of sp³-hybridized carbons (Fsp3) is 0.400. The number of carboxylic acid groups (broad SMARTS) is 1. The van der Waals surface area contributed by atoms with Crippen LogP contribution < -0.4 is 0 Å². The number of carboxylic acids is 1. The van der Waals surface area contributed by atoms with Gasteiger partial charge in [-0.15, -0.1) is 0 Å². The van der Waals surface area contributed by atoms with E-state index >= 15 is 0 Å². The molecule has 2 aromatic rings. The van der Waals surface area contributed by atoms with Gasteiger partial charge in [-0.25, -0.2) is 4.79 Å². The lowest BCUT2D eigenvalue weighted by atomic mass is 9.97. The Kier molecular flexibility index (Phi) is 3.70. The Morgan fingerprint density at radius 2 is 2.29 bits per heavy atom. The highest BCUT2D eigenvalue weighted by Gasteiger charge is 2.19. The molecule has 110 valence electrons. The first kappa shape index (κ1) is 13.8. The molecule has 1 N–H and O–H groups in total. The van der Waals surface area contributed by atoms with Crippen molar-refractivity contribution in [2.75, 3.05) is 6.54 Å². The van der Waals surface area contributed by atoms with Crippen molar-refractivity contribution >= 4 is 5.97 Å². The summed E-state index contributed by atoms with van der Waals surface area (Å²) in [4.78, 5) is 17.6. The van der Waals surface area contributed by atoms with Crippen LogP contribution in [0.1, 0.15) is 40.1 Å². The largest absolute Gasteiger partial charge is 0.478 e. The number of fused-ring (bicyclic) bond motifs is 1. The Labute approximate surface area is 122 Å². The summed E-state index contributed by atoms with van der Waals surface area (Å²) in [5.74, 6) is 0.445. The van der Waals surface area contributed by atoms with E-state index in [1.807, 2.05) is 13.0 Å². The van der Waals surface area contributed by atoms with Gasteiger partial charge in [0.25, 0.3) is 0 Å². The van der Waals surface area contributed by atoms with Gasteiger partial charge in [-0.2, -0.15) is 4.98 Å². The maximum absolute atomic E-state index is 11.0. The molecular weight excluding hydrogens is 270 g/mol. The number of rotatable bonds is 4. The normalized spacial score (nSPS) is 14.9. The average Bonchev–Trinajstić information content (AvgIpc) is 2.94. The van der Waals surface area contributed by atoms with Crippen molar-refractivity contribution in [2.24, 2.45) is 0 Å². The molecular formula is C15H17N3O3. The molecule has 0 amide bonds. The first-order chi connectivity index (χ1) is 10.2. The number of benzene rings is 1. The minimum Gasteiger partial charge on any atom is -0.478 e. The van der Waals surface area contributed by atoms with Gasteiger partial charge >= 0.3 is 5.97 Å². The van der Waals surface area contributed by atoms with E-state index in [-0.39, 0.29) is 0 Å². The van der Waals surface area contributed by atoms with Crippen LogP contribution in [-0.2, 0) is 25.9 Å². The van der Waals surface area contributed by atoms with Gasteiger partial charge in [-0.1, -0.05) is 18.1 Å². The van der Waals surface area contributed by atoms with Crippen molar-refractivity contribution in [1.29, 1.82) is 0 Å². The summed E-state index contributed by atoms with van der Waals surface area (Å²) in [5.41, 5.74) is 2.63. The molecule has 1 aliphatic heterocycles. The van der Waals surface area contributed by atoms with Gasteiger partial charge in [0.1, 0.15) is 0 Å². The first-order valence-corrected chi connectivity index (χ1v) is 7.04. The quantitative estimate of drug-likeness (QED) is 0.925. The second kappa shape index (κ2) is 5.65. The number of aromatic nitrogens is 2. The van der Waals surface area contributed by atoms with Gasteiger partial charge in [-0.05, 0) is 29.7 Å². The van der Waals surface area contributed by atoms with Crippen molar-refractivity contribution in [2.45, 2.75) is 32.9 Å². The van der Waals surface area contributed by atoms with Crippen LogP contribution in [0.5, 0.6) is 0 Å². The molecule has 1 aliphatic rings. The van der Waals surface area contributed by atoms with E-state index in [1.165, 1.54) is 5.56 Å². The lowest BCUT2D eigenvalue weighted by molar-refractivity contribution is 0.0696. The van der Waals surface area contributed by atoms with Gasteiger partial charge in [0.15, 0.2) is 5.82 Å². The van der Waals surface area contributed by atoms with Crippen molar-refractivity contribution in [3.8, 4) is 0 Å². The van der Waals surface area contributed by atoms with Gasteiger partial charge in [0.2, 0.25) is 5.89 Å². The Hall–Kier alpha value is -2.21. The minimum atomic E-state index is -0.888. The number of hydrogen-bond acceptors (Lipinski definition) is 5. The van der Waals surface area contributed by atoms with E-state index in [2.05, 4.69) is 15.0 Å². The number of aryl methyl sites for hydroxylation is 1. The van der Waals surface area contributed by atoms with Crippen LogP contribution in [0.2, 0.25) is 0 Å². The molecule has 0 saturated carbocycles. The summed E-state index contributed by atoms with van der Waals surface area (Å²) in [5, 5.41) is 13.0. The van der Waals surface area contributed by atoms with E-state index in [1.54, 1.807) is 12.1 Å². The predicted octanol–water partition coefficient (Wildman–Crippen LogP) is 1.89. The summed E-state index contributed by atoms with van der Waals surface area (Å²) in [6.45, 7) is 4.23. The van der Waals surface area contributed by atoms with Crippen molar-refractivity contribution in [3.05, 3.63) is 46.6 Å².